The highest BCUT2D eigenvalue weighted by atomic mass is 16.5. The first-order valence-corrected chi connectivity index (χ1v) is 11.6. The van der Waals surface area contributed by atoms with Gasteiger partial charge in [-0.2, -0.15) is 9.97 Å². The smallest absolute Gasteiger partial charge is 0.258 e. The Labute approximate surface area is 187 Å². The van der Waals surface area contributed by atoms with E-state index in [9.17, 15) is 0 Å². The molecule has 1 aromatic carbocycles. The third kappa shape index (κ3) is 3.53. The molecule has 4 aliphatic carbocycles. The van der Waals surface area contributed by atoms with Crippen LogP contribution in [0.2, 0.25) is 0 Å². The van der Waals surface area contributed by atoms with Crippen molar-refractivity contribution in [2.75, 3.05) is 11.9 Å². The molecule has 0 amide bonds. The number of hydrogen-bond donors (Lipinski definition) is 1. The van der Waals surface area contributed by atoms with E-state index in [4.69, 9.17) is 9.05 Å². The van der Waals surface area contributed by atoms with Gasteiger partial charge in [-0.25, -0.2) is 0 Å². The molecule has 0 radical (unpaired) electrons. The second kappa shape index (κ2) is 7.02. The normalized spacial score (nSPS) is 19.7. The van der Waals surface area contributed by atoms with Gasteiger partial charge in [-0.15, -0.1) is 0 Å². The lowest BCUT2D eigenvalue weighted by atomic mass is 9.57. The van der Waals surface area contributed by atoms with Crippen molar-refractivity contribution < 1.29 is 9.05 Å². The third-order valence-corrected chi connectivity index (χ3v) is 7.01. The Bertz CT molecular complexity index is 1190. The van der Waals surface area contributed by atoms with Gasteiger partial charge in [0.1, 0.15) is 0 Å². The Kier molecular flexibility index (Phi) is 4.32. The van der Waals surface area contributed by atoms with E-state index in [0.717, 1.165) is 55.1 Å². The lowest BCUT2D eigenvalue weighted by molar-refractivity contribution is 0.193. The number of anilines is 1. The summed E-state index contributed by atoms with van der Waals surface area (Å²) >= 11 is 0. The number of benzene rings is 1. The summed E-state index contributed by atoms with van der Waals surface area (Å²) in [4.78, 5) is 9.26. The van der Waals surface area contributed by atoms with E-state index in [1.807, 2.05) is 12.1 Å². The van der Waals surface area contributed by atoms with Gasteiger partial charge >= 0.3 is 0 Å². The Balaban J connectivity index is 1.11. The maximum atomic E-state index is 5.52. The minimum Gasteiger partial charge on any atom is -0.384 e. The van der Waals surface area contributed by atoms with Crippen LogP contribution in [0.4, 0.5) is 5.69 Å². The van der Waals surface area contributed by atoms with Crippen LogP contribution < -0.4 is 5.32 Å². The minimum absolute atomic E-state index is 0.117. The number of hydrogen-bond acceptors (Lipinski definition) is 7. The van der Waals surface area contributed by atoms with Gasteiger partial charge in [-0.1, -0.05) is 42.7 Å². The topological polar surface area (TPSA) is 89.9 Å². The van der Waals surface area contributed by atoms with E-state index < -0.39 is 0 Å². The lowest BCUT2D eigenvalue weighted by Gasteiger charge is -2.49. The van der Waals surface area contributed by atoms with Crippen molar-refractivity contribution in [1.29, 1.82) is 0 Å². The van der Waals surface area contributed by atoms with Gasteiger partial charge in [0.2, 0.25) is 5.89 Å². The quantitative estimate of drug-likeness (QED) is 0.533. The zero-order valence-electron chi connectivity index (χ0n) is 18.9. The first-order chi connectivity index (χ1) is 15.4. The SMILES string of the molecule is CC(C)(C)c1nc(C2=C3CC(CNc4cccc(-c5nc(C6CC6)no5)c4)(CC2)C3)no1. The highest BCUT2D eigenvalue weighted by Crippen LogP contribution is 2.57. The molecular weight excluding hydrogens is 402 g/mol. The van der Waals surface area contributed by atoms with E-state index >= 15 is 0 Å². The minimum atomic E-state index is -0.117. The van der Waals surface area contributed by atoms with Crippen molar-refractivity contribution in [3.05, 3.63) is 47.4 Å². The first kappa shape index (κ1) is 19.7. The van der Waals surface area contributed by atoms with E-state index in [1.165, 1.54) is 24.0 Å². The number of fused-ring (bicyclic) bond motifs is 2. The van der Waals surface area contributed by atoms with Crippen molar-refractivity contribution in [1.82, 2.24) is 20.3 Å². The van der Waals surface area contributed by atoms with Gasteiger partial charge in [-0.05, 0) is 67.7 Å². The summed E-state index contributed by atoms with van der Waals surface area (Å²) in [5, 5.41) is 12.1. The summed E-state index contributed by atoms with van der Waals surface area (Å²) in [7, 11) is 0. The summed E-state index contributed by atoms with van der Waals surface area (Å²) in [5.41, 5.74) is 5.07. The molecule has 7 nitrogen and oxygen atoms in total. The molecule has 2 fully saturated rings. The van der Waals surface area contributed by atoms with Crippen LogP contribution in [0.1, 0.15) is 82.8 Å². The first-order valence-electron chi connectivity index (χ1n) is 11.6. The second-order valence-electron chi connectivity index (χ2n) is 10.8. The van der Waals surface area contributed by atoms with Crippen LogP contribution in [0.3, 0.4) is 0 Å². The van der Waals surface area contributed by atoms with Crippen molar-refractivity contribution in [3.8, 4) is 11.5 Å². The predicted octanol–water partition coefficient (Wildman–Crippen LogP) is 5.73. The van der Waals surface area contributed by atoms with E-state index in [-0.39, 0.29) is 5.41 Å². The van der Waals surface area contributed by atoms with Gasteiger partial charge in [0, 0.05) is 29.1 Å². The molecule has 2 bridgehead atoms. The highest BCUT2D eigenvalue weighted by molar-refractivity contribution is 5.68. The molecule has 0 aliphatic heterocycles. The molecular formula is C25H29N5O2. The lowest BCUT2D eigenvalue weighted by Crippen LogP contribution is -2.41. The fourth-order valence-corrected chi connectivity index (χ4v) is 4.86. The standard InChI is InChI=1S/C25H29N5O2/c1-24(2,3)23-28-21(30-32-23)19-9-10-25(12-17(19)13-25)14-26-18-6-4-5-16(11-18)22-27-20(29-31-22)15-7-8-15/h4-6,11,15,26H,7-10,12-14H2,1-3H3. The van der Waals surface area contributed by atoms with E-state index in [2.05, 4.69) is 58.5 Å². The van der Waals surface area contributed by atoms with Gasteiger partial charge in [0.25, 0.3) is 5.89 Å². The second-order valence-corrected chi connectivity index (χ2v) is 10.8. The monoisotopic (exact) mass is 431 g/mol. The Morgan fingerprint density at radius 1 is 1.09 bits per heavy atom. The molecule has 3 aromatic rings. The summed E-state index contributed by atoms with van der Waals surface area (Å²) < 4.78 is 11.0. The fourth-order valence-electron chi connectivity index (χ4n) is 4.86. The van der Waals surface area contributed by atoms with Crippen LogP contribution in [-0.2, 0) is 5.41 Å². The molecule has 2 aromatic heterocycles. The number of nitrogens with zero attached hydrogens (tertiary/aromatic N) is 4. The van der Waals surface area contributed by atoms with E-state index in [0.29, 0.717) is 23.1 Å². The largest absolute Gasteiger partial charge is 0.384 e. The Morgan fingerprint density at radius 3 is 2.62 bits per heavy atom. The summed E-state index contributed by atoms with van der Waals surface area (Å²) in [5.74, 6) is 3.46. The number of rotatable bonds is 6. The van der Waals surface area contributed by atoms with Crippen molar-refractivity contribution in [2.24, 2.45) is 5.41 Å². The Morgan fingerprint density at radius 2 is 1.94 bits per heavy atom. The molecule has 0 saturated heterocycles. The molecule has 0 unspecified atom stereocenters. The van der Waals surface area contributed by atoms with Crippen molar-refractivity contribution >= 4 is 11.3 Å². The van der Waals surface area contributed by atoms with Crippen molar-refractivity contribution in [3.63, 3.8) is 0 Å². The number of nitrogens with one attached hydrogen (secondary N) is 1. The molecule has 4 aliphatic rings. The number of aromatic nitrogens is 4. The molecule has 0 atom stereocenters. The molecule has 7 heteroatoms. The van der Waals surface area contributed by atoms with Crippen LogP contribution in [0, 0.1) is 5.41 Å². The van der Waals surface area contributed by atoms with Crippen LogP contribution in [0.15, 0.2) is 38.9 Å². The van der Waals surface area contributed by atoms with Gasteiger partial charge < -0.3 is 14.4 Å². The van der Waals surface area contributed by atoms with Gasteiger partial charge in [-0.3, -0.25) is 0 Å². The number of allylic oxidation sites excluding steroid dienone is 2. The van der Waals surface area contributed by atoms with Gasteiger partial charge in [0.05, 0.1) is 0 Å². The predicted molar refractivity (Wildman–Crippen MR) is 121 cm³/mol. The maximum absolute atomic E-state index is 5.52. The maximum Gasteiger partial charge on any atom is 0.258 e. The third-order valence-electron chi connectivity index (χ3n) is 7.01. The molecule has 0 spiro atoms. The average Bonchev–Trinajstić information content (AvgIpc) is 3.27. The van der Waals surface area contributed by atoms with Gasteiger partial charge in [0.15, 0.2) is 11.6 Å². The van der Waals surface area contributed by atoms with Crippen LogP contribution >= 0.6 is 0 Å². The highest BCUT2D eigenvalue weighted by Gasteiger charge is 2.46. The molecule has 7 rings (SSSR count). The fraction of sp³-hybridized carbons (Fsp3) is 0.520. The van der Waals surface area contributed by atoms with Crippen LogP contribution in [-0.4, -0.2) is 26.8 Å². The van der Waals surface area contributed by atoms with Crippen molar-refractivity contribution in [2.45, 2.75) is 70.6 Å². The molecule has 1 N–H and O–H groups in total. The zero-order chi connectivity index (χ0) is 21.9. The van der Waals surface area contributed by atoms with Crippen LogP contribution in [0.5, 0.6) is 0 Å². The van der Waals surface area contributed by atoms with E-state index in [1.54, 1.807) is 0 Å². The molecule has 32 heavy (non-hydrogen) atoms. The zero-order valence-corrected chi connectivity index (χ0v) is 18.9. The molecule has 2 heterocycles. The van der Waals surface area contributed by atoms with Crippen LogP contribution in [0.25, 0.3) is 17.0 Å². The summed E-state index contributed by atoms with van der Waals surface area (Å²) in [6.45, 7) is 7.26. The Hall–Kier alpha value is -2.96. The summed E-state index contributed by atoms with van der Waals surface area (Å²) in [6, 6.07) is 8.29. The molecule has 166 valence electrons. The average molecular weight is 432 g/mol. The molecule has 2 saturated carbocycles. The summed E-state index contributed by atoms with van der Waals surface area (Å²) in [6.07, 6.45) is 6.74.